The summed E-state index contributed by atoms with van der Waals surface area (Å²) in [5.41, 5.74) is 2.49. The second-order valence-electron chi connectivity index (χ2n) is 4.78. The standard InChI is InChI=1S/C12H20N2O3S/c1-9-7-11(10(2)13-9)12(15)8-14(3)5-6-18(4,16)17/h7,13H,5-6,8H2,1-4H3. The van der Waals surface area contributed by atoms with E-state index in [1.807, 2.05) is 19.9 Å². The Hall–Kier alpha value is -1.14. The number of likely N-dealkylation sites (N-methyl/N-ethyl adjacent to an activating group) is 1. The van der Waals surface area contributed by atoms with Gasteiger partial charge in [0.2, 0.25) is 0 Å². The summed E-state index contributed by atoms with van der Waals surface area (Å²) in [6.45, 7) is 4.36. The molecule has 0 atom stereocenters. The molecule has 0 radical (unpaired) electrons. The number of carbonyl (C=O) groups excluding carboxylic acids is 1. The number of hydrogen-bond acceptors (Lipinski definition) is 4. The Bertz CT molecular complexity index is 532. The molecule has 1 heterocycles. The lowest BCUT2D eigenvalue weighted by molar-refractivity contribution is 0.0948. The van der Waals surface area contributed by atoms with Gasteiger partial charge in [0.15, 0.2) is 5.78 Å². The number of Topliss-reactive ketones (excluding diaryl/α,β-unsaturated/α-hetero) is 1. The number of ketones is 1. The fourth-order valence-corrected chi connectivity index (χ4v) is 2.39. The van der Waals surface area contributed by atoms with E-state index in [1.54, 1.807) is 11.9 Å². The zero-order valence-corrected chi connectivity index (χ0v) is 12.1. The van der Waals surface area contributed by atoms with Crippen LogP contribution >= 0.6 is 0 Å². The molecule has 18 heavy (non-hydrogen) atoms. The van der Waals surface area contributed by atoms with Crippen LogP contribution in [0, 0.1) is 13.8 Å². The molecule has 0 saturated heterocycles. The van der Waals surface area contributed by atoms with Gasteiger partial charge in [-0.3, -0.25) is 9.69 Å². The molecule has 6 heteroatoms. The topological polar surface area (TPSA) is 70.2 Å². The molecular formula is C12H20N2O3S. The van der Waals surface area contributed by atoms with E-state index in [0.717, 1.165) is 11.4 Å². The number of aromatic nitrogens is 1. The van der Waals surface area contributed by atoms with Crippen LogP contribution < -0.4 is 0 Å². The fraction of sp³-hybridized carbons (Fsp3) is 0.583. The molecule has 0 saturated carbocycles. The summed E-state index contributed by atoms with van der Waals surface area (Å²) < 4.78 is 22.1. The maximum atomic E-state index is 12.0. The van der Waals surface area contributed by atoms with Crippen LogP contribution in [0.3, 0.4) is 0 Å². The highest BCUT2D eigenvalue weighted by Gasteiger charge is 2.14. The van der Waals surface area contributed by atoms with Gasteiger partial charge in [0.25, 0.3) is 0 Å². The molecular weight excluding hydrogens is 252 g/mol. The molecule has 1 rings (SSSR count). The van der Waals surface area contributed by atoms with E-state index in [1.165, 1.54) is 6.26 Å². The van der Waals surface area contributed by atoms with Gasteiger partial charge in [-0.15, -0.1) is 0 Å². The quantitative estimate of drug-likeness (QED) is 0.777. The van der Waals surface area contributed by atoms with Crippen LogP contribution in [0.25, 0.3) is 0 Å². The molecule has 5 nitrogen and oxygen atoms in total. The van der Waals surface area contributed by atoms with Crippen molar-refractivity contribution in [2.45, 2.75) is 13.8 Å². The van der Waals surface area contributed by atoms with Crippen molar-refractivity contribution in [3.63, 3.8) is 0 Å². The van der Waals surface area contributed by atoms with Crippen molar-refractivity contribution in [2.24, 2.45) is 0 Å². The fourth-order valence-electron chi connectivity index (χ4n) is 1.74. The molecule has 0 fully saturated rings. The van der Waals surface area contributed by atoms with E-state index in [4.69, 9.17) is 0 Å². The Balaban J connectivity index is 2.57. The summed E-state index contributed by atoms with van der Waals surface area (Å²) in [5, 5.41) is 0. The van der Waals surface area contributed by atoms with Crippen molar-refractivity contribution in [1.29, 1.82) is 0 Å². The number of nitrogens with zero attached hydrogens (tertiary/aromatic N) is 1. The van der Waals surface area contributed by atoms with Crippen molar-refractivity contribution < 1.29 is 13.2 Å². The molecule has 0 amide bonds. The minimum atomic E-state index is -2.98. The van der Waals surface area contributed by atoms with Crippen LogP contribution in [0.2, 0.25) is 0 Å². The molecule has 0 unspecified atom stereocenters. The van der Waals surface area contributed by atoms with E-state index in [-0.39, 0.29) is 18.1 Å². The van der Waals surface area contributed by atoms with Crippen LogP contribution in [0.4, 0.5) is 0 Å². The van der Waals surface area contributed by atoms with Crippen LogP contribution in [0.5, 0.6) is 0 Å². The molecule has 1 N–H and O–H groups in total. The first-order valence-electron chi connectivity index (χ1n) is 5.74. The third-order valence-electron chi connectivity index (χ3n) is 2.71. The summed E-state index contributed by atoms with van der Waals surface area (Å²) >= 11 is 0. The predicted octanol–water partition coefficient (Wildman–Crippen LogP) is 0.791. The highest BCUT2D eigenvalue weighted by molar-refractivity contribution is 7.90. The maximum Gasteiger partial charge on any atom is 0.178 e. The first-order chi connectivity index (χ1) is 8.19. The minimum Gasteiger partial charge on any atom is -0.362 e. The van der Waals surface area contributed by atoms with E-state index in [2.05, 4.69) is 4.98 Å². The Kier molecular flexibility index (Phi) is 4.70. The second kappa shape index (κ2) is 5.67. The Morgan fingerprint density at radius 1 is 1.39 bits per heavy atom. The smallest absolute Gasteiger partial charge is 0.178 e. The zero-order chi connectivity index (χ0) is 13.9. The number of nitrogens with one attached hydrogen (secondary N) is 1. The zero-order valence-electron chi connectivity index (χ0n) is 11.3. The van der Waals surface area contributed by atoms with Gasteiger partial charge in [-0.1, -0.05) is 0 Å². The first-order valence-corrected chi connectivity index (χ1v) is 7.81. The molecule has 102 valence electrons. The minimum absolute atomic E-state index is 0.00727. The molecule has 0 aromatic carbocycles. The lowest BCUT2D eigenvalue weighted by Gasteiger charge is -2.14. The molecule has 0 aliphatic heterocycles. The number of H-pyrrole nitrogens is 1. The van der Waals surface area contributed by atoms with E-state index < -0.39 is 9.84 Å². The third kappa shape index (κ3) is 4.62. The number of sulfone groups is 1. The second-order valence-corrected chi connectivity index (χ2v) is 7.04. The van der Waals surface area contributed by atoms with Crippen LogP contribution in [0.15, 0.2) is 6.07 Å². The van der Waals surface area contributed by atoms with Gasteiger partial charge in [0.05, 0.1) is 12.3 Å². The van der Waals surface area contributed by atoms with Gasteiger partial charge < -0.3 is 4.98 Å². The van der Waals surface area contributed by atoms with E-state index in [9.17, 15) is 13.2 Å². The monoisotopic (exact) mass is 272 g/mol. The Labute approximate surface area is 108 Å². The van der Waals surface area contributed by atoms with Crippen LogP contribution in [0.1, 0.15) is 21.7 Å². The van der Waals surface area contributed by atoms with Gasteiger partial charge in [-0.05, 0) is 27.0 Å². The number of rotatable bonds is 6. The van der Waals surface area contributed by atoms with Crippen molar-refractivity contribution >= 4 is 15.6 Å². The molecule has 1 aromatic heterocycles. The summed E-state index contributed by atoms with van der Waals surface area (Å²) in [5.74, 6) is 0.0786. The highest BCUT2D eigenvalue weighted by Crippen LogP contribution is 2.10. The van der Waals surface area contributed by atoms with E-state index in [0.29, 0.717) is 12.1 Å². The SMILES string of the molecule is Cc1cc(C(=O)CN(C)CCS(C)(=O)=O)c(C)[nH]1. The summed E-state index contributed by atoms with van der Waals surface area (Å²) in [7, 11) is -1.23. The third-order valence-corrected chi connectivity index (χ3v) is 3.63. The molecule has 0 spiro atoms. The van der Waals surface area contributed by atoms with Crippen LogP contribution in [-0.4, -0.2) is 56.2 Å². The molecule has 0 aliphatic rings. The van der Waals surface area contributed by atoms with Crippen molar-refractivity contribution in [3.05, 3.63) is 23.0 Å². The number of aryl methyl sites for hydroxylation is 2. The predicted molar refractivity (Wildman–Crippen MR) is 71.8 cm³/mol. The largest absolute Gasteiger partial charge is 0.362 e. The van der Waals surface area contributed by atoms with Gasteiger partial charge >= 0.3 is 0 Å². The average Bonchev–Trinajstić information content (AvgIpc) is 2.54. The van der Waals surface area contributed by atoms with Crippen molar-refractivity contribution in [1.82, 2.24) is 9.88 Å². The normalized spacial score (nSPS) is 12.1. The Morgan fingerprint density at radius 3 is 2.44 bits per heavy atom. The molecule has 0 bridgehead atoms. The van der Waals surface area contributed by atoms with Gasteiger partial charge in [0, 0.05) is 29.8 Å². The summed E-state index contributed by atoms with van der Waals surface area (Å²) in [6.07, 6.45) is 1.20. The molecule has 1 aromatic rings. The lowest BCUT2D eigenvalue weighted by atomic mass is 10.1. The van der Waals surface area contributed by atoms with Crippen molar-refractivity contribution in [2.75, 3.05) is 32.1 Å². The number of carbonyl (C=O) groups is 1. The van der Waals surface area contributed by atoms with E-state index >= 15 is 0 Å². The average molecular weight is 272 g/mol. The van der Waals surface area contributed by atoms with Gasteiger partial charge in [0.1, 0.15) is 9.84 Å². The first kappa shape index (κ1) is 14.9. The van der Waals surface area contributed by atoms with Crippen LogP contribution in [-0.2, 0) is 9.84 Å². The van der Waals surface area contributed by atoms with Gasteiger partial charge in [-0.25, -0.2) is 8.42 Å². The summed E-state index contributed by atoms with van der Waals surface area (Å²) in [4.78, 5) is 16.8. The van der Waals surface area contributed by atoms with Gasteiger partial charge in [-0.2, -0.15) is 0 Å². The maximum absolute atomic E-state index is 12.0. The highest BCUT2D eigenvalue weighted by atomic mass is 32.2. The number of hydrogen-bond donors (Lipinski definition) is 1. The molecule has 0 aliphatic carbocycles. The number of aromatic amines is 1. The Morgan fingerprint density at radius 2 is 2.00 bits per heavy atom. The summed E-state index contributed by atoms with van der Waals surface area (Å²) in [6, 6.07) is 1.82. The van der Waals surface area contributed by atoms with Crippen molar-refractivity contribution in [3.8, 4) is 0 Å². The lowest BCUT2D eigenvalue weighted by Crippen LogP contribution is -2.30.